The zero-order valence-electron chi connectivity index (χ0n) is 15.0. The Bertz CT molecular complexity index is 640. The minimum atomic E-state index is 0.783. The van der Waals surface area contributed by atoms with Gasteiger partial charge in [-0.05, 0) is 68.4 Å². The molecule has 2 aromatic carbocycles. The molecule has 0 aliphatic heterocycles. The van der Waals surface area contributed by atoms with Gasteiger partial charge in [-0.2, -0.15) is 0 Å². The monoisotopic (exact) mass is 307 g/mol. The summed E-state index contributed by atoms with van der Waals surface area (Å²) < 4.78 is 0. The molecule has 0 saturated heterocycles. The van der Waals surface area contributed by atoms with Gasteiger partial charge in [-0.3, -0.25) is 0 Å². The van der Waals surface area contributed by atoms with Crippen LogP contribution in [0.2, 0.25) is 0 Å². The van der Waals surface area contributed by atoms with E-state index in [4.69, 9.17) is 0 Å². The van der Waals surface area contributed by atoms with E-state index in [9.17, 15) is 0 Å². The van der Waals surface area contributed by atoms with Crippen LogP contribution in [-0.4, -0.2) is 7.05 Å². The summed E-state index contributed by atoms with van der Waals surface area (Å²) in [7, 11) is 2.18. The fraction of sp³-hybridized carbons (Fsp3) is 0.455. The van der Waals surface area contributed by atoms with Crippen LogP contribution in [0.5, 0.6) is 0 Å². The van der Waals surface area contributed by atoms with Gasteiger partial charge < -0.3 is 4.90 Å². The topological polar surface area (TPSA) is 3.24 Å². The molecule has 122 valence electrons. The minimum Gasteiger partial charge on any atom is -0.344 e. The van der Waals surface area contributed by atoms with Crippen LogP contribution < -0.4 is 4.90 Å². The molecule has 2 aromatic rings. The highest BCUT2D eigenvalue weighted by Crippen LogP contribution is 2.35. The van der Waals surface area contributed by atoms with Gasteiger partial charge in [0.2, 0.25) is 0 Å². The molecular weight excluding hydrogens is 278 g/mol. The number of hydrogen-bond donors (Lipinski definition) is 0. The molecule has 0 atom stereocenters. The van der Waals surface area contributed by atoms with Gasteiger partial charge in [0.05, 0.1) is 0 Å². The lowest BCUT2D eigenvalue weighted by Crippen LogP contribution is -2.13. The van der Waals surface area contributed by atoms with Crippen LogP contribution in [-0.2, 0) is 0 Å². The summed E-state index contributed by atoms with van der Waals surface area (Å²) in [5, 5.41) is 0. The van der Waals surface area contributed by atoms with E-state index in [1.807, 2.05) is 0 Å². The first-order chi connectivity index (χ1) is 11.1. The molecule has 1 fully saturated rings. The first kappa shape index (κ1) is 16.1. The van der Waals surface area contributed by atoms with Crippen molar-refractivity contribution in [2.24, 2.45) is 0 Å². The lowest BCUT2D eigenvalue weighted by atomic mass is 9.84. The quantitative estimate of drug-likeness (QED) is 0.631. The molecule has 23 heavy (non-hydrogen) atoms. The van der Waals surface area contributed by atoms with Crippen molar-refractivity contribution in [3.05, 3.63) is 58.7 Å². The molecule has 0 heterocycles. The Labute approximate surface area is 141 Å². The molecule has 3 rings (SSSR count). The van der Waals surface area contributed by atoms with Crippen LogP contribution in [0.25, 0.3) is 0 Å². The van der Waals surface area contributed by atoms with Crippen LogP contribution in [0.1, 0.15) is 60.3 Å². The third-order valence-corrected chi connectivity index (χ3v) is 5.33. The third kappa shape index (κ3) is 3.44. The molecule has 1 heteroatoms. The molecule has 0 aromatic heterocycles. The van der Waals surface area contributed by atoms with Gasteiger partial charge in [0, 0.05) is 18.4 Å². The average Bonchev–Trinajstić information content (AvgIpc) is 2.55. The fourth-order valence-corrected chi connectivity index (χ4v) is 4.24. The molecule has 1 nitrogen and oxygen atoms in total. The standard InChI is InChI=1S/C22H29N/c1-16-14-17(2)22(18(3)15-16)23(4)21-12-10-20(11-13-21)19-8-6-5-7-9-19/h10-15,19H,5-9H2,1-4H3. The van der Waals surface area contributed by atoms with Gasteiger partial charge >= 0.3 is 0 Å². The summed E-state index contributed by atoms with van der Waals surface area (Å²) in [6.45, 7) is 6.59. The normalized spacial score (nSPS) is 15.7. The van der Waals surface area contributed by atoms with E-state index in [0.29, 0.717) is 0 Å². The van der Waals surface area contributed by atoms with Crippen molar-refractivity contribution < 1.29 is 0 Å². The van der Waals surface area contributed by atoms with E-state index in [2.05, 4.69) is 69.1 Å². The van der Waals surface area contributed by atoms with Gasteiger partial charge in [0.1, 0.15) is 0 Å². The van der Waals surface area contributed by atoms with Gasteiger partial charge in [-0.25, -0.2) is 0 Å². The minimum absolute atomic E-state index is 0.783. The maximum atomic E-state index is 2.35. The van der Waals surface area contributed by atoms with Crippen LogP contribution in [0.3, 0.4) is 0 Å². The van der Waals surface area contributed by atoms with Crippen molar-refractivity contribution in [2.45, 2.75) is 58.8 Å². The highest BCUT2D eigenvalue weighted by molar-refractivity contribution is 5.69. The van der Waals surface area contributed by atoms with Crippen molar-refractivity contribution in [2.75, 3.05) is 11.9 Å². The van der Waals surface area contributed by atoms with Gasteiger partial charge in [-0.15, -0.1) is 0 Å². The van der Waals surface area contributed by atoms with Crippen LogP contribution in [0, 0.1) is 20.8 Å². The number of aryl methyl sites for hydroxylation is 3. The van der Waals surface area contributed by atoms with E-state index < -0.39 is 0 Å². The molecule has 0 radical (unpaired) electrons. The van der Waals surface area contributed by atoms with E-state index in [-0.39, 0.29) is 0 Å². The van der Waals surface area contributed by atoms with Crippen molar-refractivity contribution in [1.29, 1.82) is 0 Å². The van der Waals surface area contributed by atoms with Crippen LogP contribution >= 0.6 is 0 Å². The molecule has 1 saturated carbocycles. The van der Waals surface area contributed by atoms with Gasteiger partial charge in [-0.1, -0.05) is 49.1 Å². The van der Waals surface area contributed by atoms with Crippen LogP contribution in [0.15, 0.2) is 36.4 Å². The lowest BCUT2D eigenvalue weighted by Gasteiger charge is -2.26. The molecule has 1 aliphatic carbocycles. The second-order valence-corrected chi connectivity index (χ2v) is 7.23. The molecule has 0 N–H and O–H groups in total. The Morgan fingerprint density at radius 2 is 1.39 bits per heavy atom. The molecule has 0 amide bonds. The first-order valence-electron chi connectivity index (χ1n) is 8.98. The predicted octanol–water partition coefficient (Wildman–Crippen LogP) is 6.43. The van der Waals surface area contributed by atoms with Gasteiger partial charge in [0.25, 0.3) is 0 Å². The molecule has 1 aliphatic rings. The Balaban J connectivity index is 1.84. The average molecular weight is 307 g/mol. The Hall–Kier alpha value is -1.76. The summed E-state index contributed by atoms with van der Waals surface area (Å²) in [6.07, 6.45) is 6.95. The van der Waals surface area contributed by atoms with E-state index in [1.165, 1.54) is 65.7 Å². The predicted molar refractivity (Wildman–Crippen MR) is 101 cm³/mol. The van der Waals surface area contributed by atoms with Crippen LogP contribution in [0.4, 0.5) is 11.4 Å². The van der Waals surface area contributed by atoms with Crippen molar-refractivity contribution in [3.63, 3.8) is 0 Å². The second kappa shape index (κ2) is 6.78. The Morgan fingerprint density at radius 1 is 0.826 bits per heavy atom. The van der Waals surface area contributed by atoms with Crippen molar-refractivity contribution >= 4 is 11.4 Å². The van der Waals surface area contributed by atoms with E-state index in [1.54, 1.807) is 0 Å². The zero-order chi connectivity index (χ0) is 16.4. The number of anilines is 2. The summed E-state index contributed by atoms with van der Waals surface area (Å²) in [4.78, 5) is 2.33. The first-order valence-corrected chi connectivity index (χ1v) is 8.98. The lowest BCUT2D eigenvalue weighted by molar-refractivity contribution is 0.443. The Morgan fingerprint density at radius 3 is 1.96 bits per heavy atom. The molecule has 0 spiro atoms. The maximum Gasteiger partial charge on any atom is 0.0467 e. The highest BCUT2D eigenvalue weighted by atomic mass is 15.1. The Kier molecular flexibility index (Phi) is 4.75. The zero-order valence-corrected chi connectivity index (χ0v) is 15.0. The summed E-state index contributed by atoms with van der Waals surface area (Å²) >= 11 is 0. The molecule has 0 unspecified atom stereocenters. The fourth-order valence-electron chi connectivity index (χ4n) is 4.24. The highest BCUT2D eigenvalue weighted by Gasteiger charge is 2.16. The smallest absolute Gasteiger partial charge is 0.0467 e. The number of nitrogens with zero attached hydrogens (tertiary/aromatic N) is 1. The number of benzene rings is 2. The summed E-state index contributed by atoms with van der Waals surface area (Å²) in [5.41, 5.74) is 8.17. The van der Waals surface area contributed by atoms with E-state index >= 15 is 0 Å². The summed E-state index contributed by atoms with van der Waals surface area (Å²) in [5.74, 6) is 0.783. The molecular formula is C22H29N. The number of rotatable bonds is 3. The van der Waals surface area contributed by atoms with Gasteiger partial charge in [0.15, 0.2) is 0 Å². The van der Waals surface area contributed by atoms with Crippen molar-refractivity contribution in [1.82, 2.24) is 0 Å². The second-order valence-electron chi connectivity index (χ2n) is 7.23. The largest absolute Gasteiger partial charge is 0.344 e. The molecule has 0 bridgehead atoms. The summed E-state index contributed by atoms with van der Waals surface area (Å²) in [6, 6.07) is 13.8. The SMILES string of the molecule is Cc1cc(C)c(N(C)c2ccc(C3CCCCC3)cc2)c(C)c1. The third-order valence-electron chi connectivity index (χ3n) is 5.33. The number of hydrogen-bond acceptors (Lipinski definition) is 1. The maximum absolute atomic E-state index is 2.35. The van der Waals surface area contributed by atoms with Crippen molar-refractivity contribution in [3.8, 4) is 0 Å². The van der Waals surface area contributed by atoms with E-state index in [0.717, 1.165) is 5.92 Å².